The molecule has 0 heterocycles. The number of aliphatic carboxylic acids is 1. The van der Waals surface area contributed by atoms with Crippen molar-refractivity contribution in [3.8, 4) is 5.75 Å². The van der Waals surface area contributed by atoms with Gasteiger partial charge < -0.3 is 9.84 Å². The second-order valence-corrected chi connectivity index (χ2v) is 5.76. The number of carboxylic acids is 1. The molecule has 0 spiro atoms. The third kappa shape index (κ3) is 2.15. The molecule has 5 heteroatoms. The number of hydrogen-bond donors (Lipinski definition) is 1. The molecule has 0 amide bonds. The van der Waals surface area contributed by atoms with Crippen LogP contribution in [0.15, 0.2) is 12.1 Å². The maximum absolute atomic E-state index is 14.0. The lowest BCUT2D eigenvalue weighted by Gasteiger charge is -2.39. The summed E-state index contributed by atoms with van der Waals surface area (Å²) in [4.78, 5) is 11.5. The van der Waals surface area contributed by atoms with Crippen LogP contribution in [-0.4, -0.2) is 17.7 Å². The summed E-state index contributed by atoms with van der Waals surface area (Å²) in [5.74, 6) is -2.28. The Labute approximate surface area is 115 Å². The molecule has 2 aliphatic carbocycles. The molecule has 2 aliphatic rings. The lowest BCUT2D eigenvalue weighted by atomic mass is 9.64. The van der Waals surface area contributed by atoms with Gasteiger partial charge in [-0.05, 0) is 37.7 Å². The predicted molar refractivity (Wildman–Crippen MR) is 67.7 cm³/mol. The highest BCUT2D eigenvalue weighted by Gasteiger charge is 2.48. The van der Waals surface area contributed by atoms with Crippen LogP contribution >= 0.6 is 0 Å². The Balaban J connectivity index is 2.00. The van der Waals surface area contributed by atoms with Crippen molar-refractivity contribution in [2.24, 2.45) is 5.92 Å². The second-order valence-electron chi connectivity index (χ2n) is 5.76. The van der Waals surface area contributed by atoms with E-state index in [9.17, 15) is 18.7 Å². The molecule has 0 atom stereocenters. The van der Waals surface area contributed by atoms with Gasteiger partial charge in [-0.2, -0.15) is 0 Å². The summed E-state index contributed by atoms with van der Waals surface area (Å²) in [7, 11) is 0. The van der Waals surface area contributed by atoms with E-state index < -0.39 is 23.0 Å². The molecule has 108 valence electrons. The quantitative estimate of drug-likeness (QED) is 0.901. The van der Waals surface area contributed by atoms with Crippen molar-refractivity contribution in [2.45, 2.75) is 37.5 Å². The van der Waals surface area contributed by atoms with Gasteiger partial charge in [0.15, 0.2) is 11.6 Å². The van der Waals surface area contributed by atoms with Gasteiger partial charge in [-0.15, -0.1) is 0 Å². The lowest BCUT2D eigenvalue weighted by Crippen LogP contribution is -2.42. The molecule has 20 heavy (non-hydrogen) atoms. The summed E-state index contributed by atoms with van der Waals surface area (Å²) in [6, 6.07) is 1.86. The van der Waals surface area contributed by atoms with Gasteiger partial charge in [0.05, 0.1) is 12.0 Å². The minimum absolute atomic E-state index is 0.0830. The number of benzene rings is 1. The first-order valence-electron chi connectivity index (χ1n) is 6.89. The molecule has 0 bridgehead atoms. The number of ether oxygens (including phenoxy) is 1. The molecule has 0 unspecified atom stereocenters. The fraction of sp³-hybridized carbons (Fsp3) is 0.533. The Kier molecular flexibility index (Phi) is 3.15. The van der Waals surface area contributed by atoms with Crippen molar-refractivity contribution >= 4 is 5.97 Å². The van der Waals surface area contributed by atoms with Gasteiger partial charge in [-0.25, -0.2) is 8.78 Å². The van der Waals surface area contributed by atoms with E-state index in [4.69, 9.17) is 4.74 Å². The zero-order valence-corrected chi connectivity index (χ0v) is 11.0. The van der Waals surface area contributed by atoms with E-state index >= 15 is 0 Å². The molecule has 0 saturated heterocycles. The van der Waals surface area contributed by atoms with Crippen LogP contribution in [0.4, 0.5) is 8.78 Å². The predicted octanol–water partition coefficient (Wildman–Crippen LogP) is 3.26. The molecule has 0 aromatic heterocycles. The van der Waals surface area contributed by atoms with E-state index in [2.05, 4.69) is 0 Å². The fourth-order valence-corrected chi connectivity index (χ4v) is 2.68. The lowest BCUT2D eigenvalue weighted by molar-refractivity contribution is -0.147. The van der Waals surface area contributed by atoms with E-state index in [1.807, 2.05) is 0 Å². The number of rotatable bonds is 5. The van der Waals surface area contributed by atoms with Crippen molar-refractivity contribution in [1.29, 1.82) is 0 Å². The molecule has 3 nitrogen and oxygen atoms in total. The van der Waals surface area contributed by atoms with Crippen LogP contribution in [-0.2, 0) is 10.2 Å². The first-order valence-corrected chi connectivity index (χ1v) is 6.89. The largest absolute Gasteiger partial charge is 0.490 e. The van der Waals surface area contributed by atoms with Gasteiger partial charge in [-0.3, -0.25) is 4.79 Å². The summed E-state index contributed by atoms with van der Waals surface area (Å²) in [6.45, 7) is 0.366. The van der Waals surface area contributed by atoms with Crippen LogP contribution in [0.5, 0.6) is 5.75 Å². The molecule has 0 aliphatic heterocycles. The Hall–Kier alpha value is -1.65. The maximum atomic E-state index is 14.0. The zero-order valence-electron chi connectivity index (χ0n) is 11.0. The summed E-state index contributed by atoms with van der Waals surface area (Å²) in [5.41, 5.74) is -1.05. The topological polar surface area (TPSA) is 46.5 Å². The van der Waals surface area contributed by atoms with E-state index in [1.165, 1.54) is 0 Å². The van der Waals surface area contributed by atoms with Crippen LogP contribution < -0.4 is 4.74 Å². The van der Waals surface area contributed by atoms with E-state index in [0.717, 1.165) is 31.4 Å². The second kappa shape index (κ2) is 4.72. The molecule has 2 saturated carbocycles. The number of carboxylic acid groups (broad SMARTS) is 1. The van der Waals surface area contributed by atoms with E-state index in [-0.39, 0.29) is 11.3 Å². The molecular weight excluding hydrogens is 266 g/mol. The molecular formula is C15H16F2O3. The standard InChI is InChI=1S/C15H16F2O3/c16-10-6-11(15(14(18)19)4-1-5-15)13(12(17)7-10)20-8-9-2-3-9/h6-7,9H,1-5,8H2,(H,18,19). The van der Waals surface area contributed by atoms with E-state index in [0.29, 0.717) is 25.4 Å². The monoisotopic (exact) mass is 282 g/mol. The smallest absolute Gasteiger partial charge is 0.314 e. The first-order chi connectivity index (χ1) is 9.53. The highest BCUT2D eigenvalue weighted by atomic mass is 19.1. The molecule has 3 rings (SSSR count). The molecule has 0 radical (unpaired) electrons. The average molecular weight is 282 g/mol. The average Bonchev–Trinajstić information content (AvgIpc) is 3.09. The normalized spacial score (nSPS) is 20.3. The SMILES string of the molecule is O=C(O)C1(c2cc(F)cc(F)c2OCC2CC2)CCC1. The summed E-state index contributed by atoms with van der Waals surface area (Å²) >= 11 is 0. The Bertz CT molecular complexity index is 548. The van der Waals surface area contributed by atoms with E-state index in [1.54, 1.807) is 0 Å². The van der Waals surface area contributed by atoms with Crippen molar-refractivity contribution < 1.29 is 23.4 Å². The van der Waals surface area contributed by atoms with Gasteiger partial charge in [0, 0.05) is 11.6 Å². The Morgan fingerprint density at radius 1 is 1.35 bits per heavy atom. The zero-order chi connectivity index (χ0) is 14.3. The Morgan fingerprint density at radius 2 is 2.05 bits per heavy atom. The van der Waals surface area contributed by atoms with Crippen molar-refractivity contribution in [3.63, 3.8) is 0 Å². The van der Waals surface area contributed by atoms with Gasteiger partial charge in [0.2, 0.25) is 0 Å². The Morgan fingerprint density at radius 3 is 2.55 bits per heavy atom. The molecule has 1 aromatic rings. The summed E-state index contributed by atoms with van der Waals surface area (Å²) in [6.07, 6.45) is 3.62. The third-order valence-electron chi connectivity index (χ3n) is 4.30. The van der Waals surface area contributed by atoms with Gasteiger partial charge in [-0.1, -0.05) is 6.42 Å². The highest BCUT2D eigenvalue weighted by Crippen LogP contribution is 2.48. The van der Waals surface area contributed by atoms with Crippen molar-refractivity contribution in [1.82, 2.24) is 0 Å². The summed E-state index contributed by atoms with van der Waals surface area (Å²) in [5, 5.41) is 9.43. The van der Waals surface area contributed by atoms with Gasteiger partial charge in [0.1, 0.15) is 5.82 Å². The minimum atomic E-state index is -1.19. The number of carbonyl (C=O) groups is 1. The molecule has 2 fully saturated rings. The third-order valence-corrected chi connectivity index (χ3v) is 4.30. The number of hydrogen-bond acceptors (Lipinski definition) is 2. The fourth-order valence-electron chi connectivity index (χ4n) is 2.68. The molecule has 1 aromatic carbocycles. The van der Waals surface area contributed by atoms with Crippen molar-refractivity contribution in [2.75, 3.05) is 6.61 Å². The molecule has 1 N–H and O–H groups in total. The van der Waals surface area contributed by atoms with Crippen LogP contribution in [0.1, 0.15) is 37.7 Å². The minimum Gasteiger partial charge on any atom is -0.490 e. The van der Waals surface area contributed by atoms with Crippen molar-refractivity contribution in [3.05, 3.63) is 29.3 Å². The highest BCUT2D eigenvalue weighted by molar-refractivity contribution is 5.83. The van der Waals surface area contributed by atoms with Gasteiger partial charge in [0.25, 0.3) is 0 Å². The van der Waals surface area contributed by atoms with Crippen LogP contribution in [0.3, 0.4) is 0 Å². The van der Waals surface area contributed by atoms with Crippen LogP contribution in [0.25, 0.3) is 0 Å². The van der Waals surface area contributed by atoms with Crippen LogP contribution in [0, 0.1) is 17.6 Å². The first kappa shape index (κ1) is 13.3. The summed E-state index contributed by atoms with van der Waals surface area (Å²) < 4.78 is 32.9. The van der Waals surface area contributed by atoms with Gasteiger partial charge >= 0.3 is 5.97 Å². The van der Waals surface area contributed by atoms with Crippen LogP contribution in [0.2, 0.25) is 0 Å². The number of halogens is 2. The maximum Gasteiger partial charge on any atom is 0.314 e.